The van der Waals surface area contributed by atoms with Crippen LogP contribution in [0.25, 0.3) is 0 Å². The molecular formula is C13H27N3. The van der Waals surface area contributed by atoms with Crippen LogP contribution in [-0.4, -0.2) is 61.2 Å². The molecule has 2 rings (SSSR count). The Balaban J connectivity index is 1.76. The van der Waals surface area contributed by atoms with Crippen LogP contribution in [-0.2, 0) is 0 Å². The van der Waals surface area contributed by atoms with Gasteiger partial charge < -0.3 is 10.2 Å². The van der Waals surface area contributed by atoms with E-state index in [0.717, 1.165) is 18.6 Å². The van der Waals surface area contributed by atoms with Gasteiger partial charge in [0.1, 0.15) is 0 Å². The van der Waals surface area contributed by atoms with Crippen molar-refractivity contribution in [1.29, 1.82) is 0 Å². The van der Waals surface area contributed by atoms with E-state index in [0.29, 0.717) is 6.04 Å². The zero-order valence-electron chi connectivity index (χ0n) is 11.1. The van der Waals surface area contributed by atoms with Gasteiger partial charge in [-0.1, -0.05) is 13.8 Å². The number of nitrogens with zero attached hydrogens (tertiary/aromatic N) is 2. The van der Waals surface area contributed by atoms with Gasteiger partial charge in [0.25, 0.3) is 0 Å². The highest BCUT2D eigenvalue weighted by Crippen LogP contribution is 2.28. The Bertz CT molecular complexity index is 217. The number of rotatable bonds is 4. The molecule has 2 atom stereocenters. The average Bonchev–Trinajstić information content (AvgIpc) is 2.45. The summed E-state index contributed by atoms with van der Waals surface area (Å²) in [5.41, 5.74) is 0. The van der Waals surface area contributed by atoms with E-state index in [1.165, 1.54) is 38.9 Å². The van der Waals surface area contributed by atoms with Crippen LogP contribution < -0.4 is 5.32 Å². The van der Waals surface area contributed by atoms with E-state index in [-0.39, 0.29) is 0 Å². The summed E-state index contributed by atoms with van der Waals surface area (Å²) in [6.07, 6.45) is 4.21. The maximum Gasteiger partial charge on any atom is 0.0223 e. The van der Waals surface area contributed by atoms with Crippen molar-refractivity contribution in [3.05, 3.63) is 0 Å². The molecule has 2 bridgehead atoms. The molecule has 2 aliphatic heterocycles. The van der Waals surface area contributed by atoms with Crippen LogP contribution in [0, 0.1) is 0 Å². The van der Waals surface area contributed by atoms with Gasteiger partial charge in [-0.3, -0.25) is 4.90 Å². The Labute approximate surface area is 100 Å². The van der Waals surface area contributed by atoms with Crippen LogP contribution in [0.15, 0.2) is 0 Å². The van der Waals surface area contributed by atoms with Crippen molar-refractivity contribution >= 4 is 0 Å². The van der Waals surface area contributed by atoms with Gasteiger partial charge in [-0.2, -0.15) is 0 Å². The zero-order chi connectivity index (χ0) is 11.5. The monoisotopic (exact) mass is 225 g/mol. The van der Waals surface area contributed by atoms with Crippen molar-refractivity contribution < 1.29 is 0 Å². The molecule has 2 saturated heterocycles. The summed E-state index contributed by atoms with van der Waals surface area (Å²) >= 11 is 0. The van der Waals surface area contributed by atoms with Gasteiger partial charge in [0.05, 0.1) is 0 Å². The van der Waals surface area contributed by atoms with E-state index in [2.05, 4.69) is 36.0 Å². The molecule has 0 spiro atoms. The molecule has 0 aliphatic carbocycles. The van der Waals surface area contributed by atoms with Crippen molar-refractivity contribution in [2.75, 3.05) is 33.2 Å². The van der Waals surface area contributed by atoms with Gasteiger partial charge in [0.2, 0.25) is 0 Å². The smallest absolute Gasteiger partial charge is 0.0223 e. The Morgan fingerprint density at radius 3 is 2.69 bits per heavy atom. The first-order chi connectivity index (χ1) is 7.66. The summed E-state index contributed by atoms with van der Waals surface area (Å²) in [4.78, 5) is 5.27. The molecule has 2 heterocycles. The van der Waals surface area contributed by atoms with E-state index in [9.17, 15) is 0 Å². The predicted octanol–water partition coefficient (Wildman–Crippen LogP) is 1.15. The molecule has 3 nitrogen and oxygen atoms in total. The third-order valence-electron chi connectivity index (χ3n) is 4.21. The van der Waals surface area contributed by atoms with Crippen LogP contribution in [0.2, 0.25) is 0 Å². The van der Waals surface area contributed by atoms with E-state index in [4.69, 9.17) is 0 Å². The first-order valence-corrected chi connectivity index (χ1v) is 6.84. The largest absolute Gasteiger partial charge is 0.313 e. The Kier molecular flexibility index (Phi) is 4.22. The van der Waals surface area contributed by atoms with Crippen LogP contribution in [0.4, 0.5) is 0 Å². The number of nitrogens with one attached hydrogen (secondary N) is 1. The molecule has 0 aromatic rings. The highest BCUT2D eigenvalue weighted by atomic mass is 15.3. The Morgan fingerprint density at radius 2 is 1.94 bits per heavy atom. The molecule has 0 saturated carbocycles. The lowest BCUT2D eigenvalue weighted by Crippen LogP contribution is -2.40. The fourth-order valence-electron chi connectivity index (χ4n) is 3.09. The molecule has 0 aromatic carbocycles. The molecule has 16 heavy (non-hydrogen) atoms. The van der Waals surface area contributed by atoms with Gasteiger partial charge in [0, 0.05) is 37.8 Å². The summed E-state index contributed by atoms with van der Waals surface area (Å²) in [6.45, 7) is 9.38. The van der Waals surface area contributed by atoms with Gasteiger partial charge in [-0.25, -0.2) is 0 Å². The maximum atomic E-state index is 3.51. The van der Waals surface area contributed by atoms with E-state index in [1.807, 2.05) is 0 Å². The van der Waals surface area contributed by atoms with E-state index < -0.39 is 0 Å². The summed E-state index contributed by atoms with van der Waals surface area (Å²) in [6, 6.07) is 2.31. The molecule has 3 heteroatoms. The van der Waals surface area contributed by atoms with Crippen molar-refractivity contribution in [1.82, 2.24) is 15.1 Å². The highest BCUT2D eigenvalue weighted by Gasteiger charge is 2.34. The van der Waals surface area contributed by atoms with Gasteiger partial charge in [-0.15, -0.1) is 0 Å². The second kappa shape index (κ2) is 5.48. The average molecular weight is 225 g/mol. The van der Waals surface area contributed by atoms with Gasteiger partial charge in [0.15, 0.2) is 0 Å². The molecule has 2 aliphatic rings. The topological polar surface area (TPSA) is 18.5 Å². The van der Waals surface area contributed by atoms with E-state index in [1.54, 1.807) is 0 Å². The summed E-state index contributed by atoms with van der Waals surface area (Å²) < 4.78 is 0. The van der Waals surface area contributed by atoms with Gasteiger partial charge in [-0.05, 0) is 32.9 Å². The molecule has 0 radical (unpaired) electrons. The number of likely N-dealkylation sites (N-methyl/N-ethyl adjacent to an activating group) is 1. The van der Waals surface area contributed by atoms with Crippen LogP contribution in [0.1, 0.15) is 33.1 Å². The second-order valence-corrected chi connectivity index (χ2v) is 5.75. The maximum absolute atomic E-state index is 3.51. The Hall–Kier alpha value is -0.120. The minimum Gasteiger partial charge on any atom is -0.313 e. The molecular weight excluding hydrogens is 198 g/mol. The molecule has 94 valence electrons. The second-order valence-electron chi connectivity index (χ2n) is 5.75. The quantitative estimate of drug-likeness (QED) is 0.774. The number of likely N-dealkylation sites (tertiary alicyclic amines) is 1. The standard InChI is InChI=1S/C13H27N3/c1-11(2)14-7-9-16-8-6-12-4-5-13(10-16)15(12)3/h11-14H,4-10H2,1-3H3. The number of hydrogen-bond donors (Lipinski definition) is 1. The zero-order valence-corrected chi connectivity index (χ0v) is 11.1. The van der Waals surface area contributed by atoms with E-state index >= 15 is 0 Å². The van der Waals surface area contributed by atoms with Crippen LogP contribution >= 0.6 is 0 Å². The van der Waals surface area contributed by atoms with Crippen molar-refractivity contribution in [3.63, 3.8) is 0 Å². The summed E-state index contributed by atoms with van der Waals surface area (Å²) in [7, 11) is 2.32. The van der Waals surface area contributed by atoms with Crippen molar-refractivity contribution in [2.45, 2.75) is 51.2 Å². The Morgan fingerprint density at radius 1 is 1.19 bits per heavy atom. The van der Waals surface area contributed by atoms with Crippen molar-refractivity contribution in [2.24, 2.45) is 0 Å². The molecule has 0 amide bonds. The fourth-order valence-corrected chi connectivity index (χ4v) is 3.09. The fraction of sp³-hybridized carbons (Fsp3) is 1.00. The normalized spacial score (nSPS) is 32.2. The first kappa shape index (κ1) is 12.3. The molecule has 2 fully saturated rings. The first-order valence-electron chi connectivity index (χ1n) is 6.84. The highest BCUT2D eigenvalue weighted by molar-refractivity contribution is 4.91. The third-order valence-corrected chi connectivity index (χ3v) is 4.21. The molecule has 1 N–H and O–H groups in total. The number of fused-ring (bicyclic) bond motifs is 2. The summed E-state index contributed by atoms with van der Waals surface area (Å²) in [5.74, 6) is 0. The molecule has 0 aromatic heterocycles. The van der Waals surface area contributed by atoms with Gasteiger partial charge >= 0.3 is 0 Å². The lowest BCUT2D eigenvalue weighted by molar-refractivity contribution is 0.218. The molecule has 2 unspecified atom stereocenters. The van der Waals surface area contributed by atoms with Crippen LogP contribution in [0.3, 0.4) is 0 Å². The SMILES string of the molecule is CC(C)NCCN1CCC2CCC(C1)N2C. The predicted molar refractivity (Wildman–Crippen MR) is 68.8 cm³/mol. The van der Waals surface area contributed by atoms with Crippen LogP contribution in [0.5, 0.6) is 0 Å². The lowest BCUT2D eigenvalue weighted by Gasteiger charge is -2.26. The lowest BCUT2D eigenvalue weighted by atomic mass is 10.1. The third kappa shape index (κ3) is 2.96. The number of hydrogen-bond acceptors (Lipinski definition) is 3. The van der Waals surface area contributed by atoms with Crippen molar-refractivity contribution in [3.8, 4) is 0 Å². The minimum atomic E-state index is 0.617. The summed E-state index contributed by atoms with van der Waals surface area (Å²) in [5, 5.41) is 3.51. The minimum absolute atomic E-state index is 0.617.